The molecule has 2 N–H and O–H groups in total. The van der Waals surface area contributed by atoms with E-state index in [-0.39, 0.29) is 10.6 Å². The molecule has 0 aliphatic rings. The van der Waals surface area contributed by atoms with Gasteiger partial charge in [0.15, 0.2) is 0 Å². The van der Waals surface area contributed by atoms with E-state index in [1.54, 1.807) is 30.3 Å². The number of halogens is 3. The molecule has 3 rings (SSSR count). The molecule has 3 aromatic rings. The SMILES string of the molecule is O=C(CNC(=O)c1ccc(Cl)cc1Cl)O[C@@H](C(=O)Nc1ccc(F)cc1)c1ccccc1. The van der Waals surface area contributed by atoms with Crippen LogP contribution >= 0.6 is 23.2 Å². The summed E-state index contributed by atoms with van der Waals surface area (Å²) < 4.78 is 18.4. The third kappa shape index (κ3) is 6.29. The van der Waals surface area contributed by atoms with E-state index in [2.05, 4.69) is 10.6 Å². The van der Waals surface area contributed by atoms with Crippen LogP contribution in [-0.4, -0.2) is 24.3 Å². The van der Waals surface area contributed by atoms with Crippen molar-refractivity contribution in [3.63, 3.8) is 0 Å². The topological polar surface area (TPSA) is 84.5 Å². The highest BCUT2D eigenvalue weighted by Crippen LogP contribution is 2.22. The van der Waals surface area contributed by atoms with Gasteiger partial charge in [-0.25, -0.2) is 4.39 Å². The highest BCUT2D eigenvalue weighted by atomic mass is 35.5. The predicted octanol–water partition coefficient (Wildman–Crippen LogP) is 4.79. The van der Waals surface area contributed by atoms with Crippen LogP contribution in [0.1, 0.15) is 22.0 Å². The van der Waals surface area contributed by atoms with Crippen molar-refractivity contribution >= 4 is 46.7 Å². The van der Waals surface area contributed by atoms with Crippen molar-refractivity contribution in [2.75, 3.05) is 11.9 Å². The molecule has 0 bridgehead atoms. The molecule has 9 heteroatoms. The summed E-state index contributed by atoms with van der Waals surface area (Å²) >= 11 is 11.8. The molecule has 0 aliphatic heterocycles. The molecule has 0 saturated heterocycles. The Balaban J connectivity index is 1.67. The fourth-order valence-electron chi connectivity index (χ4n) is 2.74. The zero-order chi connectivity index (χ0) is 23.1. The van der Waals surface area contributed by atoms with Gasteiger partial charge in [-0.2, -0.15) is 0 Å². The fourth-order valence-corrected chi connectivity index (χ4v) is 3.23. The number of hydrogen-bond acceptors (Lipinski definition) is 4. The summed E-state index contributed by atoms with van der Waals surface area (Å²) in [6.07, 6.45) is -1.29. The number of hydrogen-bond donors (Lipinski definition) is 2. The summed E-state index contributed by atoms with van der Waals surface area (Å²) in [5, 5.41) is 5.47. The van der Waals surface area contributed by atoms with E-state index in [1.165, 1.54) is 42.5 Å². The molecule has 0 radical (unpaired) electrons. The average molecular weight is 475 g/mol. The zero-order valence-corrected chi connectivity index (χ0v) is 18.0. The van der Waals surface area contributed by atoms with E-state index in [1.807, 2.05) is 0 Å². The summed E-state index contributed by atoms with van der Waals surface area (Å²) in [7, 11) is 0. The van der Waals surface area contributed by atoms with Crippen molar-refractivity contribution in [2.24, 2.45) is 0 Å². The van der Waals surface area contributed by atoms with Crippen LogP contribution in [-0.2, 0) is 14.3 Å². The van der Waals surface area contributed by atoms with E-state index >= 15 is 0 Å². The van der Waals surface area contributed by atoms with Gasteiger partial charge in [-0.3, -0.25) is 14.4 Å². The Morgan fingerprint density at radius 2 is 1.62 bits per heavy atom. The van der Waals surface area contributed by atoms with Crippen LogP contribution in [0.5, 0.6) is 0 Å². The van der Waals surface area contributed by atoms with Gasteiger partial charge < -0.3 is 15.4 Å². The summed E-state index contributed by atoms with van der Waals surface area (Å²) in [5.74, 6) is -2.53. The van der Waals surface area contributed by atoms with Crippen LogP contribution in [0.15, 0.2) is 72.8 Å². The first-order chi connectivity index (χ1) is 15.3. The molecule has 0 aromatic heterocycles. The van der Waals surface area contributed by atoms with Crippen molar-refractivity contribution in [1.82, 2.24) is 5.32 Å². The van der Waals surface area contributed by atoms with Crippen LogP contribution in [0.2, 0.25) is 10.0 Å². The number of carbonyl (C=O) groups is 3. The first kappa shape index (κ1) is 23.2. The third-order valence-electron chi connectivity index (χ3n) is 4.27. The van der Waals surface area contributed by atoms with Gasteiger partial charge in [0.1, 0.15) is 12.4 Å². The van der Waals surface area contributed by atoms with E-state index < -0.39 is 36.2 Å². The van der Waals surface area contributed by atoms with Crippen molar-refractivity contribution in [3.05, 3.63) is 99.8 Å². The number of amides is 2. The smallest absolute Gasteiger partial charge is 0.326 e. The Morgan fingerprint density at radius 1 is 0.938 bits per heavy atom. The fraction of sp³-hybridized carbons (Fsp3) is 0.0870. The largest absolute Gasteiger partial charge is 0.446 e. The van der Waals surface area contributed by atoms with Crippen LogP contribution in [0.3, 0.4) is 0 Å². The van der Waals surface area contributed by atoms with Gasteiger partial charge in [-0.15, -0.1) is 0 Å². The van der Waals surface area contributed by atoms with Gasteiger partial charge in [0.2, 0.25) is 6.10 Å². The normalized spacial score (nSPS) is 11.3. The van der Waals surface area contributed by atoms with Gasteiger partial charge in [0, 0.05) is 16.3 Å². The lowest BCUT2D eigenvalue weighted by Gasteiger charge is -2.18. The Labute approximate surface area is 193 Å². The maximum atomic E-state index is 13.1. The maximum absolute atomic E-state index is 13.1. The lowest BCUT2D eigenvalue weighted by Crippen LogP contribution is -2.33. The quantitative estimate of drug-likeness (QED) is 0.482. The van der Waals surface area contributed by atoms with E-state index in [0.717, 1.165) is 0 Å². The van der Waals surface area contributed by atoms with Crippen molar-refractivity contribution in [2.45, 2.75) is 6.10 Å². The summed E-state index contributed by atoms with van der Waals surface area (Å²) in [4.78, 5) is 37.4. The number of ether oxygens (including phenoxy) is 1. The number of benzene rings is 3. The van der Waals surface area contributed by atoms with Crippen LogP contribution in [0, 0.1) is 5.82 Å². The molecule has 0 aliphatic carbocycles. The molecule has 0 heterocycles. The van der Waals surface area contributed by atoms with Gasteiger partial charge in [0.25, 0.3) is 11.8 Å². The second kappa shape index (κ2) is 10.7. The maximum Gasteiger partial charge on any atom is 0.326 e. The second-order valence-electron chi connectivity index (χ2n) is 6.58. The van der Waals surface area contributed by atoms with Crippen molar-refractivity contribution in [3.8, 4) is 0 Å². The van der Waals surface area contributed by atoms with E-state index in [4.69, 9.17) is 27.9 Å². The van der Waals surface area contributed by atoms with Crippen LogP contribution in [0.25, 0.3) is 0 Å². The molecule has 164 valence electrons. The van der Waals surface area contributed by atoms with Crippen LogP contribution < -0.4 is 10.6 Å². The highest BCUT2D eigenvalue weighted by Gasteiger charge is 2.25. The lowest BCUT2D eigenvalue weighted by atomic mass is 10.1. The number of anilines is 1. The summed E-state index contributed by atoms with van der Waals surface area (Å²) in [6.45, 7) is -0.495. The van der Waals surface area contributed by atoms with Gasteiger partial charge in [0.05, 0.1) is 10.6 Å². The predicted molar refractivity (Wildman–Crippen MR) is 119 cm³/mol. The Kier molecular flexibility index (Phi) is 7.81. The lowest BCUT2D eigenvalue weighted by molar-refractivity contribution is -0.153. The molecular formula is C23H17Cl2FN2O4. The minimum Gasteiger partial charge on any atom is -0.446 e. The Hall–Kier alpha value is -3.42. The minimum atomic E-state index is -1.29. The molecule has 32 heavy (non-hydrogen) atoms. The highest BCUT2D eigenvalue weighted by molar-refractivity contribution is 6.36. The number of nitrogens with one attached hydrogen (secondary N) is 2. The number of rotatable bonds is 7. The summed E-state index contributed by atoms with van der Waals surface area (Å²) in [5.41, 5.74) is 0.893. The molecular weight excluding hydrogens is 458 g/mol. The number of carbonyl (C=O) groups excluding carboxylic acids is 3. The Morgan fingerprint density at radius 3 is 2.28 bits per heavy atom. The Bertz CT molecular complexity index is 1120. The van der Waals surface area contributed by atoms with Gasteiger partial charge in [-0.1, -0.05) is 53.5 Å². The van der Waals surface area contributed by atoms with Crippen molar-refractivity contribution < 1.29 is 23.5 Å². The average Bonchev–Trinajstić information content (AvgIpc) is 2.78. The van der Waals surface area contributed by atoms with Gasteiger partial charge in [-0.05, 0) is 42.5 Å². The molecule has 6 nitrogen and oxygen atoms in total. The first-order valence-electron chi connectivity index (χ1n) is 9.37. The zero-order valence-electron chi connectivity index (χ0n) is 16.5. The molecule has 0 unspecified atom stereocenters. The minimum absolute atomic E-state index is 0.129. The van der Waals surface area contributed by atoms with Gasteiger partial charge >= 0.3 is 5.97 Å². The molecule has 0 saturated carbocycles. The first-order valence-corrected chi connectivity index (χ1v) is 10.1. The third-order valence-corrected chi connectivity index (χ3v) is 4.82. The molecule has 0 spiro atoms. The molecule has 3 aromatic carbocycles. The summed E-state index contributed by atoms with van der Waals surface area (Å²) in [6, 6.07) is 17.8. The van der Waals surface area contributed by atoms with E-state index in [9.17, 15) is 18.8 Å². The van der Waals surface area contributed by atoms with Crippen molar-refractivity contribution in [1.29, 1.82) is 0 Å². The monoisotopic (exact) mass is 474 g/mol. The molecule has 0 fully saturated rings. The van der Waals surface area contributed by atoms with Crippen LogP contribution in [0.4, 0.5) is 10.1 Å². The molecule has 1 atom stereocenters. The second-order valence-corrected chi connectivity index (χ2v) is 7.43. The van der Waals surface area contributed by atoms with E-state index in [0.29, 0.717) is 16.3 Å². The number of esters is 1. The standard InChI is InChI=1S/C23H17Cl2FN2O4/c24-15-6-11-18(19(25)12-15)22(30)27-13-20(29)32-21(14-4-2-1-3-5-14)23(31)28-17-9-7-16(26)8-10-17/h1-12,21H,13H2,(H,27,30)(H,28,31)/t21-/m1/s1. The molecule has 2 amide bonds.